The average Bonchev–Trinajstić information content (AvgIpc) is 3.35. The first-order valence-corrected chi connectivity index (χ1v) is 9.51. The van der Waals surface area contributed by atoms with Crippen molar-refractivity contribution in [2.45, 2.75) is 58.5 Å². The molecule has 24 heavy (non-hydrogen) atoms. The molecule has 1 aliphatic heterocycles. The van der Waals surface area contributed by atoms with E-state index < -0.39 is 0 Å². The molecule has 2 heterocycles. The summed E-state index contributed by atoms with van der Waals surface area (Å²) in [5.74, 6) is 2.80. The number of rotatable bonds is 5. The van der Waals surface area contributed by atoms with E-state index >= 15 is 0 Å². The summed E-state index contributed by atoms with van der Waals surface area (Å²) in [6.07, 6.45) is 8.49. The van der Waals surface area contributed by atoms with E-state index in [9.17, 15) is 0 Å². The van der Waals surface area contributed by atoms with Gasteiger partial charge in [0, 0.05) is 31.9 Å². The smallest absolute Gasteiger partial charge is 0.191 e. The molecule has 0 bridgehead atoms. The van der Waals surface area contributed by atoms with E-state index in [1.165, 1.54) is 32.1 Å². The quantitative estimate of drug-likeness (QED) is 0.644. The molecule has 2 N–H and O–H groups in total. The van der Waals surface area contributed by atoms with Crippen molar-refractivity contribution in [3.05, 3.63) is 23.9 Å². The zero-order chi connectivity index (χ0) is 16.8. The molecule has 0 aromatic carbocycles. The molecule has 1 aromatic heterocycles. The van der Waals surface area contributed by atoms with E-state index in [1.54, 1.807) is 0 Å². The third-order valence-corrected chi connectivity index (χ3v) is 4.93. The lowest BCUT2D eigenvalue weighted by Crippen LogP contribution is -2.39. The van der Waals surface area contributed by atoms with Crippen LogP contribution in [-0.4, -0.2) is 36.6 Å². The van der Waals surface area contributed by atoms with Crippen molar-refractivity contribution < 1.29 is 0 Å². The molecule has 5 nitrogen and oxygen atoms in total. The number of anilines is 1. The van der Waals surface area contributed by atoms with Crippen LogP contribution in [0.3, 0.4) is 0 Å². The van der Waals surface area contributed by atoms with Crippen molar-refractivity contribution in [2.75, 3.05) is 24.5 Å². The van der Waals surface area contributed by atoms with E-state index in [4.69, 9.17) is 4.99 Å². The normalized spacial score (nSPS) is 24.4. The summed E-state index contributed by atoms with van der Waals surface area (Å²) in [4.78, 5) is 11.8. The van der Waals surface area contributed by atoms with Crippen molar-refractivity contribution in [2.24, 2.45) is 10.9 Å². The Bertz CT molecular complexity index is 531. The van der Waals surface area contributed by atoms with E-state index in [0.29, 0.717) is 12.6 Å². The Morgan fingerprint density at radius 3 is 2.58 bits per heavy atom. The highest BCUT2D eigenvalue weighted by atomic mass is 15.2. The monoisotopic (exact) mass is 329 g/mol. The SMILES string of the molecule is CCNC(=NCc1ccc(N2CCCCCC2)nc1)NC1CC1C. The Morgan fingerprint density at radius 1 is 1.25 bits per heavy atom. The lowest BCUT2D eigenvalue weighted by Gasteiger charge is -2.21. The van der Waals surface area contributed by atoms with Gasteiger partial charge in [0.25, 0.3) is 0 Å². The van der Waals surface area contributed by atoms with Crippen LogP contribution in [0.25, 0.3) is 0 Å². The minimum atomic E-state index is 0.589. The van der Waals surface area contributed by atoms with Crippen LogP contribution < -0.4 is 15.5 Å². The summed E-state index contributed by atoms with van der Waals surface area (Å²) in [5, 5.41) is 6.82. The molecule has 1 aliphatic carbocycles. The molecule has 132 valence electrons. The predicted molar refractivity (Wildman–Crippen MR) is 100 cm³/mol. The van der Waals surface area contributed by atoms with Crippen molar-refractivity contribution in [1.82, 2.24) is 15.6 Å². The van der Waals surface area contributed by atoms with Crippen LogP contribution in [0.5, 0.6) is 0 Å². The summed E-state index contributed by atoms with van der Waals surface area (Å²) in [7, 11) is 0. The minimum Gasteiger partial charge on any atom is -0.357 e. The topological polar surface area (TPSA) is 52.6 Å². The van der Waals surface area contributed by atoms with Gasteiger partial charge in [-0.2, -0.15) is 0 Å². The van der Waals surface area contributed by atoms with Gasteiger partial charge in [-0.05, 0) is 43.7 Å². The number of hydrogen-bond acceptors (Lipinski definition) is 3. The van der Waals surface area contributed by atoms with E-state index in [-0.39, 0.29) is 0 Å². The van der Waals surface area contributed by atoms with Gasteiger partial charge in [-0.25, -0.2) is 9.98 Å². The summed E-state index contributed by atoms with van der Waals surface area (Å²) < 4.78 is 0. The van der Waals surface area contributed by atoms with Gasteiger partial charge in [-0.1, -0.05) is 25.8 Å². The van der Waals surface area contributed by atoms with Crippen LogP contribution in [0.2, 0.25) is 0 Å². The fourth-order valence-electron chi connectivity index (χ4n) is 3.19. The van der Waals surface area contributed by atoms with Crippen molar-refractivity contribution in [3.8, 4) is 0 Å². The van der Waals surface area contributed by atoms with Crippen LogP contribution in [0.4, 0.5) is 5.82 Å². The average molecular weight is 329 g/mol. The first-order chi connectivity index (χ1) is 11.8. The van der Waals surface area contributed by atoms with E-state index in [1.807, 2.05) is 6.20 Å². The molecule has 2 unspecified atom stereocenters. The second-order valence-electron chi connectivity index (χ2n) is 7.08. The van der Waals surface area contributed by atoms with Crippen molar-refractivity contribution >= 4 is 11.8 Å². The number of pyridine rings is 1. The Morgan fingerprint density at radius 2 is 2.00 bits per heavy atom. The fourth-order valence-corrected chi connectivity index (χ4v) is 3.19. The number of guanidine groups is 1. The molecular weight excluding hydrogens is 298 g/mol. The molecule has 0 radical (unpaired) electrons. The highest BCUT2D eigenvalue weighted by molar-refractivity contribution is 5.80. The molecular formula is C19H31N5. The van der Waals surface area contributed by atoms with E-state index in [0.717, 1.165) is 42.9 Å². The van der Waals surface area contributed by atoms with Gasteiger partial charge >= 0.3 is 0 Å². The van der Waals surface area contributed by atoms with Crippen LogP contribution in [0.1, 0.15) is 51.5 Å². The molecule has 3 rings (SSSR count). The molecule has 1 saturated carbocycles. The molecule has 2 aliphatic rings. The first-order valence-electron chi connectivity index (χ1n) is 9.51. The van der Waals surface area contributed by atoms with Crippen molar-refractivity contribution in [1.29, 1.82) is 0 Å². The second-order valence-corrected chi connectivity index (χ2v) is 7.08. The Labute approximate surface area is 146 Å². The van der Waals surface area contributed by atoms with Gasteiger partial charge in [-0.3, -0.25) is 0 Å². The van der Waals surface area contributed by atoms with E-state index in [2.05, 4.69) is 46.5 Å². The molecule has 1 saturated heterocycles. The maximum absolute atomic E-state index is 4.70. The molecule has 5 heteroatoms. The third kappa shape index (κ3) is 4.86. The standard InChI is InChI=1S/C19H31N5/c1-3-20-19(23-17-12-15(17)2)22-14-16-8-9-18(21-13-16)24-10-6-4-5-7-11-24/h8-9,13,15,17H,3-7,10-12,14H2,1-2H3,(H2,20,22,23). The number of aromatic nitrogens is 1. The summed E-state index contributed by atoms with van der Waals surface area (Å²) in [5.41, 5.74) is 1.16. The summed E-state index contributed by atoms with van der Waals surface area (Å²) in [6, 6.07) is 4.91. The zero-order valence-corrected chi connectivity index (χ0v) is 15.1. The molecule has 2 atom stereocenters. The second kappa shape index (κ2) is 8.36. The fraction of sp³-hybridized carbons (Fsp3) is 0.684. The maximum atomic E-state index is 4.70. The lowest BCUT2D eigenvalue weighted by molar-refractivity contribution is 0.726. The zero-order valence-electron chi connectivity index (χ0n) is 15.1. The van der Waals surface area contributed by atoms with Gasteiger partial charge in [0.05, 0.1) is 6.54 Å². The highest BCUT2D eigenvalue weighted by Crippen LogP contribution is 2.28. The summed E-state index contributed by atoms with van der Waals surface area (Å²) >= 11 is 0. The molecule has 0 amide bonds. The van der Waals surface area contributed by atoms with Gasteiger partial charge in [0.15, 0.2) is 5.96 Å². The Balaban J connectivity index is 1.56. The van der Waals surface area contributed by atoms with Gasteiger partial charge in [0.1, 0.15) is 5.82 Å². The predicted octanol–water partition coefficient (Wildman–Crippen LogP) is 2.93. The number of aliphatic imine (C=N–C) groups is 1. The van der Waals surface area contributed by atoms with Crippen LogP contribution in [0.15, 0.2) is 23.3 Å². The number of hydrogen-bond donors (Lipinski definition) is 2. The molecule has 2 fully saturated rings. The minimum absolute atomic E-state index is 0.589. The third-order valence-electron chi connectivity index (χ3n) is 4.93. The Kier molecular flexibility index (Phi) is 5.94. The van der Waals surface area contributed by atoms with Gasteiger partial charge < -0.3 is 15.5 Å². The highest BCUT2D eigenvalue weighted by Gasteiger charge is 2.33. The molecule has 1 aromatic rings. The van der Waals surface area contributed by atoms with Crippen LogP contribution in [-0.2, 0) is 6.54 Å². The van der Waals surface area contributed by atoms with Gasteiger partial charge in [-0.15, -0.1) is 0 Å². The van der Waals surface area contributed by atoms with Gasteiger partial charge in [0.2, 0.25) is 0 Å². The maximum Gasteiger partial charge on any atom is 0.191 e. The molecule has 0 spiro atoms. The summed E-state index contributed by atoms with van der Waals surface area (Å²) in [6.45, 7) is 8.21. The lowest BCUT2D eigenvalue weighted by atomic mass is 10.2. The number of nitrogens with one attached hydrogen (secondary N) is 2. The van der Waals surface area contributed by atoms with Crippen LogP contribution >= 0.6 is 0 Å². The van der Waals surface area contributed by atoms with Crippen molar-refractivity contribution in [3.63, 3.8) is 0 Å². The largest absolute Gasteiger partial charge is 0.357 e. The Hall–Kier alpha value is -1.78. The first kappa shape index (κ1) is 17.1. The van der Waals surface area contributed by atoms with Crippen LogP contribution in [0, 0.1) is 5.92 Å². The number of nitrogens with zero attached hydrogens (tertiary/aromatic N) is 3.